The molecule has 1 fully saturated rings. The molecule has 9 heteroatoms. The van der Waals surface area contributed by atoms with Crippen LogP contribution in [0.5, 0.6) is 0 Å². The molecule has 5 heterocycles. The van der Waals surface area contributed by atoms with Crippen molar-refractivity contribution in [3.8, 4) is 5.69 Å². The third-order valence-electron chi connectivity index (χ3n) is 6.11. The Bertz CT molecular complexity index is 1340. The average Bonchev–Trinajstić information content (AvgIpc) is 3.60. The molecule has 1 aromatic carbocycles. The average molecular weight is 434 g/mol. The van der Waals surface area contributed by atoms with Crippen LogP contribution in [0.25, 0.3) is 16.9 Å². The molecule has 0 radical (unpaired) electrons. The van der Waals surface area contributed by atoms with Crippen molar-refractivity contribution in [2.24, 2.45) is 0 Å². The van der Waals surface area contributed by atoms with E-state index in [0.29, 0.717) is 30.2 Å². The number of anilines is 1. The van der Waals surface area contributed by atoms with E-state index in [-0.39, 0.29) is 6.04 Å². The number of rotatable bonds is 4. The largest absolute Gasteiger partial charge is 0.501 e. The van der Waals surface area contributed by atoms with Crippen molar-refractivity contribution in [2.75, 3.05) is 18.1 Å². The van der Waals surface area contributed by atoms with Gasteiger partial charge in [-0.05, 0) is 37.1 Å². The summed E-state index contributed by atoms with van der Waals surface area (Å²) in [6.45, 7) is 1.40. The molecule has 0 saturated carbocycles. The lowest BCUT2D eigenvalue weighted by atomic mass is 10.0. The molecule has 0 unspecified atom stereocenters. The first-order valence-electron chi connectivity index (χ1n) is 10.6. The second kappa shape index (κ2) is 7.44. The molecule has 0 bridgehead atoms. The number of halogens is 2. The van der Waals surface area contributed by atoms with Crippen molar-refractivity contribution < 1.29 is 13.5 Å². The van der Waals surface area contributed by atoms with Crippen LogP contribution in [0.3, 0.4) is 0 Å². The molecular weight excluding hydrogens is 414 g/mol. The first-order chi connectivity index (χ1) is 15.7. The maximum Gasteiger partial charge on any atom is 0.183 e. The monoisotopic (exact) mass is 434 g/mol. The molecule has 0 amide bonds. The lowest BCUT2D eigenvalue weighted by molar-refractivity contribution is 0.281. The van der Waals surface area contributed by atoms with Gasteiger partial charge in [0.25, 0.3) is 0 Å². The molecule has 1 atom stereocenters. The number of ether oxygens (including phenoxy) is 1. The first kappa shape index (κ1) is 19.0. The van der Waals surface area contributed by atoms with Crippen LogP contribution in [0.4, 0.5) is 14.6 Å². The number of aromatic nitrogens is 5. The van der Waals surface area contributed by atoms with Crippen LogP contribution in [-0.2, 0) is 4.74 Å². The highest BCUT2D eigenvalue weighted by atomic mass is 19.1. The third-order valence-corrected chi connectivity index (χ3v) is 6.11. The van der Waals surface area contributed by atoms with Crippen molar-refractivity contribution in [1.82, 2.24) is 24.4 Å². The molecule has 32 heavy (non-hydrogen) atoms. The topological polar surface area (TPSA) is 60.5 Å². The van der Waals surface area contributed by atoms with Crippen molar-refractivity contribution >= 4 is 17.0 Å². The van der Waals surface area contributed by atoms with Crippen molar-refractivity contribution in [3.63, 3.8) is 0 Å². The molecule has 3 aromatic heterocycles. The van der Waals surface area contributed by atoms with E-state index in [2.05, 4.69) is 10.2 Å². The Hall–Kier alpha value is -3.75. The zero-order valence-electron chi connectivity index (χ0n) is 17.2. The molecule has 0 spiro atoms. The molecule has 0 aliphatic carbocycles. The predicted octanol–water partition coefficient (Wildman–Crippen LogP) is 4.30. The van der Waals surface area contributed by atoms with E-state index in [1.807, 2.05) is 23.4 Å². The fraction of sp³-hybridized carbons (Fsp3) is 0.261. The van der Waals surface area contributed by atoms with Crippen LogP contribution in [0.1, 0.15) is 36.4 Å². The van der Waals surface area contributed by atoms with Gasteiger partial charge in [0.1, 0.15) is 23.1 Å². The van der Waals surface area contributed by atoms with E-state index in [1.54, 1.807) is 27.9 Å². The van der Waals surface area contributed by atoms with Crippen LogP contribution < -0.4 is 4.90 Å². The molecular formula is C23H20F2N6O. The van der Waals surface area contributed by atoms with Crippen LogP contribution >= 0.6 is 0 Å². The van der Waals surface area contributed by atoms with Gasteiger partial charge in [-0.3, -0.25) is 0 Å². The van der Waals surface area contributed by atoms with Gasteiger partial charge in [-0.1, -0.05) is 0 Å². The molecule has 162 valence electrons. The molecule has 4 aromatic rings. The molecule has 7 nitrogen and oxygen atoms in total. The van der Waals surface area contributed by atoms with Gasteiger partial charge in [0.15, 0.2) is 5.65 Å². The summed E-state index contributed by atoms with van der Waals surface area (Å²) in [5, 5.41) is 8.88. The summed E-state index contributed by atoms with van der Waals surface area (Å²) < 4.78 is 37.1. The summed E-state index contributed by atoms with van der Waals surface area (Å²) in [4.78, 5) is 6.87. The molecule has 2 aliphatic heterocycles. The van der Waals surface area contributed by atoms with Crippen LogP contribution in [0.15, 0.2) is 55.3 Å². The molecule has 6 rings (SSSR count). The maximum absolute atomic E-state index is 14.5. The standard InChI is InChI=1S/C23H20F2N6O/c24-17-3-4-19(25)18(10-17)20-2-1-7-29(20)22-5-8-30-23(28-22)21(12-27-30)31-13-16(11-26-31)15-6-9-32-14-15/h3-5,8,10-14,20H,1-2,6-7,9H2/t20-/m0/s1. The SMILES string of the molecule is Fc1ccc(F)c([C@@H]2CCCN2c2ccn3ncc(-n4cc(C5=COCC5)cn4)c3n2)c1. The number of hydrogen-bond acceptors (Lipinski definition) is 5. The van der Waals surface area contributed by atoms with Gasteiger partial charge in [0.05, 0.1) is 31.3 Å². The highest BCUT2D eigenvalue weighted by molar-refractivity contribution is 5.67. The normalized spacial score (nSPS) is 18.4. The van der Waals surface area contributed by atoms with Crippen molar-refractivity contribution in [1.29, 1.82) is 0 Å². The molecule has 0 N–H and O–H groups in total. The van der Waals surface area contributed by atoms with E-state index < -0.39 is 11.6 Å². The lowest BCUT2D eigenvalue weighted by Gasteiger charge is -2.26. The molecule has 2 aliphatic rings. The summed E-state index contributed by atoms with van der Waals surface area (Å²) in [6.07, 6.45) is 11.5. The fourth-order valence-corrected chi connectivity index (χ4v) is 4.52. The van der Waals surface area contributed by atoms with Crippen LogP contribution in [0, 0.1) is 11.6 Å². The van der Waals surface area contributed by atoms with Crippen LogP contribution in [-0.4, -0.2) is 37.5 Å². The van der Waals surface area contributed by atoms with Crippen molar-refractivity contribution in [2.45, 2.75) is 25.3 Å². The number of hydrogen-bond donors (Lipinski definition) is 0. The van der Waals surface area contributed by atoms with Gasteiger partial charge < -0.3 is 9.64 Å². The third kappa shape index (κ3) is 3.12. The van der Waals surface area contributed by atoms with Gasteiger partial charge in [-0.25, -0.2) is 23.0 Å². The summed E-state index contributed by atoms with van der Waals surface area (Å²) in [5.41, 5.74) is 3.85. The van der Waals surface area contributed by atoms with Gasteiger partial charge in [0.2, 0.25) is 0 Å². The second-order valence-corrected chi connectivity index (χ2v) is 8.04. The summed E-state index contributed by atoms with van der Waals surface area (Å²) >= 11 is 0. The lowest BCUT2D eigenvalue weighted by Crippen LogP contribution is -2.24. The van der Waals surface area contributed by atoms with Gasteiger partial charge >= 0.3 is 0 Å². The van der Waals surface area contributed by atoms with Crippen LogP contribution in [0.2, 0.25) is 0 Å². The summed E-state index contributed by atoms with van der Waals surface area (Å²) in [5.74, 6) is -0.139. The van der Waals surface area contributed by atoms with E-state index in [9.17, 15) is 8.78 Å². The zero-order chi connectivity index (χ0) is 21.7. The Balaban J connectivity index is 1.37. The highest BCUT2D eigenvalue weighted by Gasteiger charge is 2.30. The minimum atomic E-state index is -0.438. The Morgan fingerprint density at radius 1 is 1.09 bits per heavy atom. The Morgan fingerprint density at radius 3 is 2.91 bits per heavy atom. The van der Waals surface area contributed by atoms with E-state index in [1.165, 1.54) is 12.1 Å². The fourth-order valence-electron chi connectivity index (χ4n) is 4.52. The number of benzene rings is 1. The molecule has 1 saturated heterocycles. The number of nitrogens with zero attached hydrogens (tertiary/aromatic N) is 6. The first-order valence-corrected chi connectivity index (χ1v) is 10.6. The quantitative estimate of drug-likeness (QED) is 0.479. The minimum absolute atomic E-state index is 0.266. The highest BCUT2D eigenvalue weighted by Crippen LogP contribution is 2.37. The van der Waals surface area contributed by atoms with Gasteiger partial charge in [-0.2, -0.15) is 10.2 Å². The zero-order valence-corrected chi connectivity index (χ0v) is 17.2. The second-order valence-electron chi connectivity index (χ2n) is 8.04. The van der Waals surface area contributed by atoms with Gasteiger partial charge in [-0.15, -0.1) is 0 Å². The Morgan fingerprint density at radius 2 is 2.03 bits per heavy atom. The van der Waals surface area contributed by atoms with Gasteiger partial charge in [0, 0.05) is 42.1 Å². The van der Waals surface area contributed by atoms with E-state index >= 15 is 0 Å². The number of fused-ring (bicyclic) bond motifs is 1. The minimum Gasteiger partial charge on any atom is -0.501 e. The Labute approximate surface area is 182 Å². The summed E-state index contributed by atoms with van der Waals surface area (Å²) in [7, 11) is 0. The van der Waals surface area contributed by atoms with E-state index in [4.69, 9.17) is 9.72 Å². The van der Waals surface area contributed by atoms with Crippen molar-refractivity contribution in [3.05, 3.63) is 78.1 Å². The predicted molar refractivity (Wildman–Crippen MR) is 114 cm³/mol. The summed E-state index contributed by atoms with van der Waals surface area (Å²) in [6, 6.07) is 5.21. The maximum atomic E-state index is 14.5. The Kier molecular flexibility index (Phi) is 4.41. The van der Waals surface area contributed by atoms with E-state index in [0.717, 1.165) is 42.2 Å². The smallest absolute Gasteiger partial charge is 0.183 e.